The third-order valence-corrected chi connectivity index (χ3v) is 5.21. The highest BCUT2D eigenvalue weighted by Gasteiger charge is 2.27. The Morgan fingerprint density at radius 1 is 1.31 bits per heavy atom. The average molecular weight is 247 g/mol. The zero-order valence-corrected chi connectivity index (χ0v) is 10.6. The first-order chi connectivity index (χ1) is 7.55. The smallest absolute Gasteiger partial charge is 0.150 e. The molecule has 2 heterocycles. The largest absolute Gasteiger partial charge is 0.363 e. The summed E-state index contributed by atoms with van der Waals surface area (Å²) in [6.45, 7) is 3.99. The predicted molar refractivity (Wildman–Crippen MR) is 62.9 cm³/mol. The van der Waals surface area contributed by atoms with Crippen LogP contribution < -0.4 is 5.32 Å². The fourth-order valence-corrected chi connectivity index (χ4v) is 3.95. The SMILES string of the molecule is CC1CNC(CC2CCS(=O)(=O)CC2)OC1. The average Bonchev–Trinajstić information content (AvgIpc) is 2.24. The minimum absolute atomic E-state index is 0.141. The summed E-state index contributed by atoms with van der Waals surface area (Å²) >= 11 is 0. The second-order valence-corrected chi connectivity index (χ2v) is 7.47. The van der Waals surface area contributed by atoms with E-state index in [9.17, 15) is 8.42 Å². The van der Waals surface area contributed by atoms with Gasteiger partial charge >= 0.3 is 0 Å². The number of sulfone groups is 1. The van der Waals surface area contributed by atoms with Crippen LogP contribution in [0.15, 0.2) is 0 Å². The van der Waals surface area contributed by atoms with Crippen molar-refractivity contribution >= 4 is 9.84 Å². The van der Waals surface area contributed by atoms with Crippen molar-refractivity contribution < 1.29 is 13.2 Å². The first-order valence-corrected chi connectivity index (χ1v) is 7.93. The molecule has 0 spiro atoms. The van der Waals surface area contributed by atoms with Gasteiger partial charge in [0.05, 0.1) is 18.1 Å². The molecule has 2 atom stereocenters. The third kappa shape index (κ3) is 3.43. The Hall–Kier alpha value is -0.130. The third-order valence-electron chi connectivity index (χ3n) is 3.50. The second-order valence-electron chi connectivity index (χ2n) is 5.17. The van der Waals surface area contributed by atoms with E-state index in [1.165, 1.54) is 0 Å². The van der Waals surface area contributed by atoms with E-state index in [0.717, 1.165) is 32.4 Å². The number of rotatable bonds is 2. The van der Waals surface area contributed by atoms with E-state index < -0.39 is 9.84 Å². The molecule has 0 radical (unpaired) electrons. The number of hydrogen-bond donors (Lipinski definition) is 1. The molecule has 5 heteroatoms. The Balaban J connectivity index is 1.75. The van der Waals surface area contributed by atoms with Gasteiger partial charge in [0.15, 0.2) is 0 Å². The molecular weight excluding hydrogens is 226 g/mol. The van der Waals surface area contributed by atoms with Crippen molar-refractivity contribution in [3.05, 3.63) is 0 Å². The van der Waals surface area contributed by atoms with E-state index in [0.29, 0.717) is 23.3 Å². The molecular formula is C11H21NO3S. The van der Waals surface area contributed by atoms with E-state index in [1.54, 1.807) is 0 Å². The summed E-state index contributed by atoms with van der Waals surface area (Å²) in [5, 5.41) is 3.37. The molecule has 16 heavy (non-hydrogen) atoms. The van der Waals surface area contributed by atoms with Gasteiger partial charge in [-0.1, -0.05) is 6.92 Å². The van der Waals surface area contributed by atoms with Crippen molar-refractivity contribution in [2.45, 2.75) is 32.4 Å². The van der Waals surface area contributed by atoms with Crippen LogP contribution in [-0.2, 0) is 14.6 Å². The molecule has 1 N–H and O–H groups in total. The minimum atomic E-state index is -2.73. The van der Waals surface area contributed by atoms with Crippen LogP contribution in [0.3, 0.4) is 0 Å². The van der Waals surface area contributed by atoms with Crippen molar-refractivity contribution in [2.24, 2.45) is 11.8 Å². The summed E-state index contributed by atoms with van der Waals surface area (Å²) < 4.78 is 28.3. The quantitative estimate of drug-likeness (QED) is 0.783. The van der Waals surface area contributed by atoms with Crippen molar-refractivity contribution in [3.63, 3.8) is 0 Å². The maximum Gasteiger partial charge on any atom is 0.150 e. The highest BCUT2D eigenvalue weighted by Crippen LogP contribution is 2.24. The monoisotopic (exact) mass is 247 g/mol. The van der Waals surface area contributed by atoms with Crippen LogP contribution in [0.25, 0.3) is 0 Å². The normalized spacial score (nSPS) is 36.1. The minimum Gasteiger partial charge on any atom is -0.363 e. The zero-order chi connectivity index (χ0) is 11.6. The van der Waals surface area contributed by atoms with Gasteiger partial charge in [0, 0.05) is 6.54 Å². The summed E-state index contributed by atoms with van der Waals surface area (Å²) in [6, 6.07) is 0. The Labute approximate surface area is 97.7 Å². The number of hydrogen-bond acceptors (Lipinski definition) is 4. The summed E-state index contributed by atoms with van der Waals surface area (Å²) in [7, 11) is -2.73. The van der Waals surface area contributed by atoms with E-state index in [1.807, 2.05) is 0 Å². The van der Waals surface area contributed by atoms with Gasteiger partial charge in [-0.3, -0.25) is 5.32 Å². The van der Waals surface area contributed by atoms with Crippen molar-refractivity contribution in [1.29, 1.82) is 0 Å². The Kier molecular flexibility index (Phi) is 3.87. The van der Waals surface area contributed by atoms with Crippen LogP contribution in [-0.4, -0.2) is 39.3 Å². The topological polar surface area (TPSA) is 55.4 Å². The molecule has 2 aliphatic rings. The zero-order valence-electron chi connectivity index (χ0n) is 9.81. The lowest BCUT2D eigenvalue weighted by molar-refractivity contribution is -0.0365. The second kappa shape index (κ2) is 5.02. The van der Waals surface area contributed by atoms with E-state index in [2.05, 4.69) is 12.2 Å². The van der Waals surface area contributed by atoms with Crippen LogP contribution in [0, 0.1) is 11.8 Å². The van der Waals surface area contributed by atoms with Gasteiger partial charge < -0.3 is 4.74 Å². The van der Waals surface area contributed by atoms with E-state index in [4.69, 9.17) is 4.74 Å². The maximum absolute atomic E-state index is 11.3. The van der Waals surface area contributed by atoms with E-state index >= 15 is 0 Å². The summed E-state index contributed by atoms with van der Waals surface area (Å²) in [5.41, 5.74) is 0. The van der Waals surface area contributed by atoms with E-state index in [-0.39, 0.29) is 6.23 Å². The molecule has 2 unspecified atom stereocenters. The Morgan fingerprint density at radius 2 is 2.00 bits per heavy atom. The van der Waals surface area contributed by atoms with Crippen LogP contribution in [0.2, 0.25) is 0 Å². The number of ether oxygens (including phenoxy) is 1. The Morgan fingerprint density at radius 3 is 2.56 bits per heavy atom. The molecule has 0 aromatic carbocycles. The Bertz CT molecular complexity index is 306. The molecule has 2 saturated heterocycles. The molecule has 2 rings (SSSR count). The molecule has 0 saturated carbocycles. The van der Waals surface area contributed by atoms with Crippen LogP contribution in [0.1, 0.15) is 26.2 Å². The lowest BCUT2D eigenvalue weighted by Crippen LogP contribution is -2.44. The van der Waals surface area contributed by atoms with Gasteiger partial charge in [-0.15, -0.1) is 0 Å². The van der Waals surface area contributed by atoms with Gasteiger partial charge in [0.25, 0.3) is 0 Å². The highest BCUT2D eigenvalue weighted by molar-refractivity contribution is 7.91. The molecule has 0 aromatic heterocycles. The summed E-state index contributed by atoms with van der Waals surface area (Å²) in [6.07, 6.45) is 2.71. The number of nitrogens with one attached hydrogen (secondary N) is 1. The molecule has 0 amide bonds. The van der Waals surface area contributed by atoms with Crippen molar-refractivity contribution in [1.82, 2.24) is 5.32 Å². The maximum atomic E-state index is 11.3. The van der Waals surface area contributed by atoms with Crippen molar-refractivity contribution in [3.8, 4) is 0 Å². The van der Waals surface area contributed by atoms with Crippen LogP contribution in [0.4, 0.5) is 0 Å². The van der Waals surface area contributed by atoms with Gasteiger partial charge in [0.2, 0.25) is 0 Å². The molecule has 0 aliphatic carbocycles. The van der Waals surface area contributed by atoms with Gasteiger partial charge in [-0.2, -0.15) is 0 Å². The molecule has 2 aliphatic heterocycles. The highest BCUT2D eigenvalue weighted by atomic mass is 32.2. The first-order valence-electron chi connectivity index (χ1n) is 6.10. The standard InChI is InChI=1S/C11H21NO3S/c1-9-7-12-11(15-8-9)6-10-2-4-16(13,14)5-3-10/h9-12H,2-8H2,1H3. The molecule has 4 nitrogen and oxygen atoms in total. The molecule has 94 valence electrons. The fourth-order valence-electron chi connectivity index (χ4n) is 2.36. The molecule has 2 fully saturated rings. The van der Waals surface area contributed by atoms with Gasteiger partial charge in [-0.05, 0) is 31.1 Å². The summed E-state index contributed by atoms with van der Waals surface area (Å²) in [5.74, 6) is 1.82. The van der Waals surface area contributed by atoms with Gasteiger partial charge in [0.1, 0.15) is 16.1 Å². The van der Waals surface area contributed by atoms with Crippen molar-refractivity contribution in [2.75, 3.05) is 24.7 Å². The molecule has 0 aromatic rings. The summed E-state index contributed by atoms with van der Waals surface area (Å²) in [4.78, 5) is 0. The van der Waals surface area contributed by atoms with Gasteiger partial charge in [-0.25, -0.2) is 8.42 Å². The molecule has 0 bridgehead atoms. The van der Waals surface area contributed by atoms with Crippen LogP contribution in [0.5, 0.6) is 0 Å². The first kappa shape index (κ1) is 12.3. The lowest BCUT2D eigenvalue weighted by Gasteiger charge is -2.32. The van der Waals surface area contributed by atoms with Crippen LogP contribution >= 0.6 is 0 Å². The predicted octanol–water partition coefficient (Wildman–Crippen LogP) is 0.783. The fraction of sp³-hybridized carbons (Fsp3) is 1.00. The lowest BCUT2D eigenvalue weighted by atomic mass is 9.97.